The number of hydrogen-bond donors (Lipinski definition) is 1. The highest BCUT2D eigenvalue weighted by Gasteiger charge is 2.37. The van der Waals surface area contributed by atoms with E-state index in [-0.39, 0.29) is 6.54 Å². The summed E-state index contributed by atoms with van der Waals surface area (Å²) in [6, 6.07) is 8.80. The number of nitrogens with one attached hydrogen (secondary N) is 1. The third-order valence-corrected chi connectivity index (χ3v) is 2.46. The van der Waals surface area contributed by atoms with Gasteiger partial charge >= 0.3 is 12.1 Å². The monoisotopic (exact) mass is 267 g/mol. The molecule has 0 saturated carbocycles. The molecule has 19 heavy (non-hydrogen) atoms. The van der Waals surface area contributed by atoms with Crippen molar-refractivity contribution in [3.63, 3.8) is 0 Å². The molecule has 0 aromatic heterocycles. The Morgan fingerprint density at radius 2 is 1.79 bits per heavy atom. The lowest BCUT2D eigenvalue weighted by molar-refractivity contribution is -0.157. The smallest absolute Gasteiger partial charge is 0.407 e. The fraction of sp³-hybridized carbons (Fsp3) is 0.385. The first-order valence-corrected chi connectivity index (χ1v) is 5.66. The number of methoxy groups -OCH3 is 2. The average molecular weight is 267 g/mol. The summed E-state index contributed by atoms with van der Waals surface area (Å²) in [5.41, 5.74) is -1.33. The normalized spacial score (nSPS) is 13.0. The van der Waals surface area contributed by atoms with E-state index in [1.165, 1.54) is 21.1 Å². The Hall–Kier alpha value is -2.24. The van der Waals surface area contributed by atoms with Crippen molar-refractivity contribution in [3.8, 4) is 5.75 Å². The molecule has 0 heterocycles. The molecule has 0 aliphatic carbocycles. The van der Waals surface area contributed by atoms with Gasteiger partial charge in [-0.2, -0.15) is 0 Å². The van der Waals surface area contributed by atoms with E-state index in [4.69, 9.17) is 9.47 Å². The van der Waals surface area contributed by atoms with Gasteiger partial charge in [0.15, 0.2) is 0 Å². The van der Waals surface area contributed by atoms with E-state index in [1.807, 2.05) is 6.07 Å². The molecule has 6 heteroatoms. The van der Waals surface area contributed by atoms with Gasteiger partial charge < -0.3 is 19.5 Å². The molecule has 6 nitrogen and oxygen atoms in total. The number of alkyl carbamates (subject to hydrolysis) is 1. The number of carbonyl (C=O) groups excluding carboxylic acids is 2. The second kappa shape index (κ2) is 6.63. The number of esters is 1. The third-order valence-electron chi connectivity index (χ3n) is 2.46. The summed E-state index contributed by atoms with van der Waals surface area (Å²) < 4.78 is 14.8. The summed E-state index contributed by atoms with van der Waals surface area (Å²) in [4.78, 5) is 22.9. The lowest BCUT2D eigenvalue weighted by atomic mass is 10.1. The summed E-state index contributed by atoms with van der Waals surface area (Å²) in [7, 11) is 2.50. The van der Waals surface area contributed by atoms with Crippen LogP contribution in [0, 0.1) is 0 Å². The number of rotatable bonds is 5. The number of carbonyl (C=O) groups is 2. The second-order valence-corrected chi connectivity index (χ2v) is 3.98. The molecule has 1 amide bonds. The minimum absolute atomic E-state index is 0.0682. The highest BCUT2D eigenvalue weighted by atomic mass is 16.6. The van der Waals surface area contributed by atoms with Crippen molar-refractivity contribution in [2.75, 3.05) is 20.8 Å². The zero-order valence-electron chi connectivity index (χ0n) is 11.1. The molecule has 0 bridgehead atoms. The third kappa shape index (κ3) is 4.17. The van der Waals surface area contributed by atoms with Crippen LogP contribution < -0.4 is 10.1 Å². The predicted molar refractivity (Wildman–Crippen MR) is 67.9 cm³/mol. The van der Waals surface area contributed by atoms with Gasteiger partial charge in [-0.1, -0.05) is 18.2 Å². The second-order valence-electron chi connectivity index (χ2n) is 3.98. The minimum Gasteiger partial charge on any atom is -0.474 e. The van der Waals surface area contributed by atoms with E-state index < -0.39 is 17.7 Å². The summed E-state index contributed by atoms with van der Waals surface area (Å²) in [5.74, 6) is -0.0881. The van der Waals surface area contributed by atoms with E-state index >= 15 is 0 Å². The molecule has 0 fully saturated rings. The number of para-hydroxylation sites is 1. The van der Waals surface area contributed by atoms with Crippen molar-refractivity contribution in [1.29, 1.82) is 0 Å². The van der Waals surface area contributed by atoms with Crippen molar-refractivity contribution < 1.29 is 23.8 Å². The Balaban J connectivity index is 2.81. The van der Waals surface area contributed by atoms with Gasteiger partial charge in [0.1, 0.15) is 5.75 Å². The van der Waals surface area contributed by atoms with Gasteiger partial charge in [-0.05, 0) is 19.1 Å². The zero-order valence-corrected chi connectivity index (χ0v) is 11.1. The lowest BCUT2D eigenvalue weighted by Crippen LogP contribution is -2.51. The van der Waals surface area contributed by atoms with Crippen LogP contribution in [0.3, 0.4) is 0 Å². The zero-order chi connectivity index (χ0) is 14.3. The molecule has 1 atom stereocenters. The van der Waals surface area contributed by atoms with Crippen molar-refractivity contribution in [2.45, 2.75) is 12.5 Å². The maximum atomic E-state index is 11.8. The van der Waals surface area contributed by atoms with Gasteiger partial charge in [-0.25, -0.2) is 9.59 Å². The van der Waals surface area contributed by atoms with Crippen LogP contribution in [0.25, 0.3) is 0 Å². The van der Waals surface area contributed by atoms with E-state index in [0.29, 0.717) is 5.75 Å². The molecule has 0 spiro atoms. The van der Waals surface area contributed by atoms with E-state index in [1.54, 1.807) is 24.3 Å². The van der Waals surface area contributed by atoms with Gasteiger partial charge in [0.25, 0.3) is 0 Å². The molecule has 0 saturated heterocycles. The quantitative estimate of drug-likeness (QED) is 0.815. The number of hydrogen-bond acceptors (Lipinski definition) is 5. The van der Waals surface area contributed by atoms with Gasteiger partial charge in [0, 0.05) is 0 Å². The maximum Gasteiger partial charge on any atom is 0.407 e. The Bertz CT molecular complexity index is 434. The highest BCUT2D eigenvalue weighted by molar-refractivity contribution is 5.80. The van der Waals surface area contributed by atoms with Crippen molar-refractivity contribution in [3.05, 3.63) is 30.3 Å². The van der Waals surface area contributed by atoms with Crippen molar-refractivity contribution in [1.82, 2.24) is 5.32 Å². The van der Waals surface area contributed by atoms with Crippen LogP contribution in [-0.2, 0) is 14.3 Å². The van der Waals surface area contributed by atoms with Gasteiger partial charge in [-0.3, -0.25) is 0 Å². The molecule has 1 N–H and O–H groups in total. The van der Waals surface area contributed by atoms with Crippen LogP contribution in [0.4, 0.5) is 4.79 Å². The lowest BCUT2D eigenvalue weighted by Gasteiger charge is -2.27. The summed E-state index contributed by atoms with van der Waals surface area (Å²) in [6.45, 7) is 1.46. The fourth-order valence-electron chi connectivity index (χ4n) is 1.43. The van der Waals surface area contributed by atoms with E-state index in [2.05, 4.69) is 10.1 Å². The highest BCUT2D eigenvalue weighted by Crippen LogP contribution is 2.19. The SMILES string of the molecule is COC(=O)NC[C@](C)(Oc1ccccc1)C(=O)OC. The van der Waals surface area contributed by atoms with Gasteiger partial charge in [0.05, 0.1) is 20.8 Å². The Kier molecular flexibility index (Phi) is 5.17. The molecule has 0 radical (unpaired) electrons. The Morgan fingerprint density at radius 3 is 2.32 bits per heavy atom. The fourth-order valence-corrected chi connectivity index (χ4v) is 1.43. The van der Waals surface area contributed by atoms with Crippen molar-refractivity contribution in [2.24, 2.45) is 0 Å². The number of amides is 1. The largest absolute Gasteiger partial charge is 0.474 e. The average Bonchev–Trinajstić information content (AvgIpc) is 2.44. The summed E-state index contributed by atoms with van der Waals surface area (Å²) in [5, 5.41) is 2.42. The standard InChI is InChI=1S/C13H17NO5/c1-13(11(15)17-2,9-14-12(16)18-3)19-10-7-5-4-6-8-10/h4-8H,9H2,1-3H3,(H,14,16)/t13-/m0/s1. The molecule has 104 valence electrons. The van der Waals surface area contributed by atoms with Crippen LogP contribution in [0.5, 0.6) is 5.75 Å². The molecule has 0 aliphatic heterocycles. The van der Waals surface area contributed by atoms with Crippen LogP contribution in [0.2, 0.25) is 0 Å². The minimum atomic E-state index is -1.33. The molecule has 1 rings (SSSR count). The predicted octanol–water partition coefficient (Wildman–Crippen LogP) is 1.35. The van der Waals surface area contributed by atoms with Crippen LogP contribution in [-0.4, -0.2) is 38.4 Å². The molecule has 1 aromatic carbocycles. The summed E-state index contributed by atoms with van der Waals surface area (Å²) >= 11 is 0. The van der Waals surface area contributed by atoms with Gasteiger partial charge in [-0.15, -0.1) is 0 Å². The van der Waals surface area contributed by atoms with E-state index in [0.717, 1.165) is 0 Å². The number of ether oxygens (including phenoxy) is 3. The van der Waals surface area contributed by atoms with Crippen LogP contribution in [0.15, 0.2) is 30.3 Å². The molecule has 0 aliphatic rings. The van der Waals surface area contributed by atoms with Crippen LogP contribution >= 0.6 is 0 Å². The first kappa shape index (κ1) is 14.8. The molecule has 1 aromatic rings. The molecule has 0 unspecified atom stereocenters. The number of benzene rings is 1. The van der Waals surface area contributed by atoms with E-state index in [9.17, 15) is 9.59 Å². The summed E-state index contributed by atoms with van der Waals surface area (Å²) in [6.07, 6.45) is -0.646. The first-order valence-electron chi connectivity index (χ1n) is 5.66. The topological polar surface area (TPSA) is 73.9 Å². The molecular weight excluding hydrogens is 250 g/mol. The van der Waals surface area contributed by atoms with Crippen molar-refractivity contribution >= 4 is 12.1 Å². The van der Waals surface area contributed by atoms with Crippen LogP contribution in [0.1, 0.15) is 6.92 Å². The Morgan fingerprint density at radius 1 is 1.16 bits per heavy atom. The molecular formula is C13H17NO5. The first-order chi connectivity index (χ1) is 9.01. The Labute approximate surface area is 111 Å². The maximum absolute atomic E-state index is 11.8. The van der Waals surface area contributed by atoms with Gasteiger partial charge in [0.2, 0.25) is 5.60 Å².